The molecular weight excluding hydrogens is 727 g/mol. The van der Waals surface area contributed by atoms with E-state index in [-0.39, 0.29) is 44.2 Å². The monoisotopic (exact) mass is 749 g/mol. The predicted octanol–water partition coefficient (Wildman–Crippen LogP) is 7.08. The van der Waals surface area contributed by atoms with Crippen molar-refractivity contribution in [1.82, 2.24) is 9.71 Å². The molecule has 5 rings (SSSR count). The summed E-state index contributed by atoms with van der Waals surface area (Å²) in [4.78, 5) is 31.4. The first-order valence-corrected chi connectivity index (χ1v) is 16.4. The third-order valence-corrected chi connectivity index (χ3v) is 9.28. The Hall–Kier alpha value is -4.28. The van der Waals surface area contributed by atoms with Gasteiger partial charge in [0.15, 0.2) is 19.0 Å². The quantitative estimate of drug-likeness (QED) is 0.172. The molecule has 2 amide bonds. The fourth-order valence-electron chi connectivity index (χ4n) is 5.28. The number of rotatable bonds is 10. The average Bonchev–Trinajstić information content (AvgIpc) is 3.32. The van der Waals surface area contributed by atoms with Crippen LogP contribution in [-0.4, -0.2) is 50.8 Å². The molecule has 1 aliphatic heterocycles. The Bertz CT molecular complexity index is 2080. The minimum atomic E-state index is -4.82. The maximum atomic E-state index is 13.8. The van der Waals surface area contributed by atoms with E-state index < -0.39 is 76.8 Å². The van der Waals surface area contributed by atoms with Gasteiger partial charge in [-0.2, -0.15) is 26.3 Å². The molecule has 2 heterocycles. The maximum Gasteiger partial charge on any atom is 0.422 e. The number of anilines is 1. The van der Waals surface area contributed by atoms with Crippen LogP contribution in [0.4, 0.5) is 32.0 Å². The number of aromatic nitrogens is 1. The summed E-state index contributed by atoms with van der Waals surface area (Å²) in [5, 5.41) is 0.115. The summed E-state index contributed by atoms with van der Waals surface area (Å²) < 4.78 is 117. The first kappa shape index (κ1) is 36.0. The van der Waals surface area contributed by atoms with Crippen LogP contribution in [0.5, 0.6) is 11.5 Å². The van der Waals surface area contributed by atoms with Gasteiger partial charge in [0.05, 0.1) is 34.3 Å². The molecule has 0 atom stereocenters. The molecule has 0 aliphatic carbocycles. The van der Waals surface area contributed by atoms with Crippen molar-refractivity contribution >= 4 is 61.6 Å². The summed E-state index contributed by atoms with van der Waals surface area (Å²) in [7, 11) is -4.23. The highest BCUT2D eigenvalue weighted by atomic mass is 35.5. The van der Waals surface area contributed by atoms with Crippen LogP contribution in [0.25, 0.3) is 10.9 Å². The van der Waals surface area contributed by atoms with Crippen LogP contribution < -0.4 is 19.1 Å². The number of benzene rings is 3. The lowest BCUT2D eigenvalue weighted by atomic mass is 10.0. The second-order valence-corrected chi connectivity index (χ2v) is 13.4. The number of alkyl halides is 6. The van der Waals surface area contributed by atoms with Crippen molar-refractivity contribution in [1.29, 1.82) is 0 Å². The van der Waals surface area contributed by atoms with Crippen LogP contribution in [0, 0.1) is 6.92 Å². The number of carbonyl (C=O) groups is 2. The number of carbonyl (C=O) groups excluding carboxylic acids is 2. The molecule has 1 aromatic heterocycles. The standard InChI is InChI=1S/C31H23Cl2F6N3O6S/c1-16-10-17(13-49(45,46)41-23(43)11-18-4-2-6-21(32)25(18)33)7-8-22(16)42-12-20-24(29(42)44)27(47-14-30(34,35)36)19-5-3-9-40-26(19)28(20)48-15-31(37,38)39/h2-10H,11-15H2,1H3,(H,41,43). The second kappa shape index (κ2) is 13.6. The summed E-state index contributed by atoms with van der Waals surface area (Å²) in [5.74, 6) is -3.40. The summed E-state index contributed by atoms with van der Waals surface area (Å²) in [6.45, 7) is -2.49. The number of fused-ring (bicyclic) bond motifs is 2. The average molecular weight is 751 g/mol. The van der Waals surface area contributed by atoms with E-state index in [0.717, 1.165) is 4.90 Å². The number of nitrogens with zero attached hydrogens (tertiary/aromatic N) is 2. The van der Waals surface area contributed by atoms with Gasteiger partial charge in [0.25, 0.3) is 5.91 Å². The molecule has 9 nitrogen and oxygen atoms in total. The predicted molar refractivity (Wildman–Crippen MR) is 167 cm³/mol. The van der Waals surface area contributed by atoms with E-state index in [2.05, 4.69) is 4.98 Å². The molecular formula is C31H23Cl2F6N3O6S. The van der Waals surface area contributed by atoms with E-state index in [1.54, 1.807) is 6.07 Å². The molecule has 49 heavy (non-hydrogen) atoms. The molecule has 0 saturated heterocycles. The second-order valence-electron chi connectivity index (χ2n) is 10.9. The van der Waals surface area contributed by atoms with Crippen LogP contribution in [-0.2, 0) is 33.5 Å². The SMILES string of the molecule is Cc1cc(CS(=O)(=O)NC(=O)Cc2cccc(Cl)c2Cl)ccc1N1Cc2c(c(OCC(F)(F)F)c3cccnc3c2OCC(F)(F)F)C1=O. The number of aryl methyl sites for hydroxylation is 1. The minimum Gasteiger partial charge on any atom is -0.483 e. The Morgan fingerprint density at radius 3 is 2.31 bits per heavy atom. The third kappa shape index (κ3) is 8.31. The first-order chi connectivity index (χ1) is 22.8. The van der Waals surface area contributed by atoms with Gasteiger partial charge >= 0.3 is 12.4 Å². The molecule has 1 aliphatic rings. The van der Waals surface area contributed by atoms with Crippen LogP contribution in [0.1, 0.15) is 32.6 Å². The molecule has 0 radical (unpaired) electrons. The fourth-order valence-corrected chi connectivity index (χ4v) is 6.78. The highest BCUT2D eigenvalue weighted by Crippen LogP contribution is 2.46. The van der Waals surface area contributed by atoms with Crippen molar-refractivity contribution in [2.75, 3.05) is 18.1 Å². The molecule has 260 valence electrons. The van der Waals surface area contributed by atoms with Crippen LogP contribution >= 0.6 is 23.2 Å². The number of sulfonamides is 1. The lowest BCUT2D eigenvalue weighted by molar-refractivity contribution is -0.154. The van der Waals surface area contributed by atoms with Gasteiger partial charge < -0.3 is 14.4 Å². The van der Waals surface area contributed by atoms with E-state index in [0.29, 0.717) is 11.1 Å². The largest absolute Gasteiger partial charge is 0.483 e. The molecule has 3 aromatic carbocycles. The Morgan fingerprint density at radius 1 is 0.980 bits per heavy atom. The molecule has 0 saturated carbocycles. The zero-order valence-corrected chi connectivity index (χ0v) is 27.3. The van der Waals surface area contributed by atoms with E-state index in [1.165, 1.54) is 55.6 Å². The van der Waals surface area contributed by atoms with E-state index in [9.17, 15) is 44.3 Å². The Kier molecular flexibility index (Phi) is 9.96. The lowest BCUT2D eigenvalue weighted by Crippen LogP contribution is -2.33. The number of hydrogen-bond donors (Lipinski definition) is 1. The van der Waals surface area contributed by atoms with Crippen molar-refractivity contribution in [2.24, 2.45) is 0 Å². The van der Waals surface area contributed by atoms with Crippen LogP contribution in [0.15, 0.2) is 54.7 Å². The highest BCUT2D eigenvalue weighted by molar-refractivity contribution is 7.89. The van der Waals surface area contributed by atoms with Crippen LogP contribution in [0.2, 0.25) is 10.0 Å². The van der Waals surface area contributed by atoms with Gasteiger partial charge in [0.1, 0.15) is 11.3 Å². The number of ether oxygens (including phenoxy) is 2. The van der Waals surface area contributed by atoms with Gasteiger partial charge in [0.2, 0.25) is 15.9 Å². The van der Waals surface area contributed by atoms with Gasteiger partial charge in [-0.3, -0.25) is 19.3 Å². The topological polar surface area (TPSA) is 115 Å². The van der Waals surface area contributed by atoms with Gasteiger partial charge in [0, 0.05) is 22.8 Å². The summed E-state index contributed by atoms with van der Waals surface area (Å²) in [5.41, 5.74) is 0.147. The molecule has 0 fully saturated rings. The first-order valence-electron chi connectivity index (χ1n) is 14.0. The van der Waals surface area contributed by atoms with Gasteiger partial charge in [-0.15, -0.1) is 0 Å². The fraction of sp³-hybridized carbons (Fsp3) is 0.258. The molecule has 0 unspecified atom stereocenters. The number of nitrogens with one attached hydrogen (secondary N) is 1. The van der Waals surface area contributed by atoms with Gasteiger partial charge in [-0.25, -0.2) is 8.42 Å². The number of pyridine rings is 1. The maximum absolute atomic E-state index is 13.8. The molecule has 4 aromatic rings. The third-order valence-electron chi connectivity index (χ3n) is 7.17. The molecule has 18 heteroatoms. The summed E-state index contributed by atoms with van der Waals surface area (Å²) in [6.07, 6.45) is -8.79. The number of halogens is 8. The zero-order chi connectivity index (χ0) is 35.9. The lowest BCUT2D eigenvalue weighted by Gasteiger charge is -2.19. The van der Waals surface area contributed by atoms with E-state index >= 15 is 0 Å². The Labute approximate surface area is 284 Å². The van der Waals surface area contributed by atoms with Crippen molar-refractivity contribution in [3.63, 3.8) is 0 Å². The van der Waals surface area contributed by atoms with Crippen molar-refractivity contribution in [3.8, 4) is 11.5 Å². The molecule has 1 N–H and O–H groups in total. The normalized spacial score (nSPS) is 13.5. The van der Waals surface area contributed by atoms with E-state index in [1.807, 2.05) is 4.72 Å². The summed E-state index contributed by atoms with van der Waals surface area (Å²) >= 11 is 12.0. The molecule has 0 spiro atoms. The van der Waals surface area contributed by atoms with Crippen molar-refractivity contribution < 1.29 is 53.8 Å². The summed E-state index contributed by atoms with van der Waals surface area (Å²) in [6, 6.07) is 11.2. The number of hydrogen-bond acceptors (Lipinski definition) is 7. The van der Waals surface area contributed by atoms with Crippen molar-refractivity contribution in [2.45, 2.75) is 38.0 Å². The van der Waals surface area contributed by atoms with Crippen LogP contribution in [0.3, 0.4) is 0 Å². The number of amides is 2. The Balaban J connectivity index is 1.44. The molecule has 0 bridgehead atoms. The van der Waals surface area contributed by atoms with Crippen molar-refractivity contribution in [3.05, 3.63) is 92.6 Å². The van der Waals surface area contributed by atoms with Gasteiger partial charge in [-0.05, 0) is 47.9 Å². The van der Waals surface area contributed by atoms with Gasteiger partial charge in [-0.1, -0.05) is 47.5 Å². The Morgan fingerprint density at radius 2 is 1.65 bits per heavy atom. The van der Waals surface area contributed by atoms with E-state index in [4.69, 9.17) is 32.7 Å². The minimum absolute atomic E-state index is 0.101. The zero-order valence-electron chi connectivity index (χ0n) is 25.0. The highest BCUT2D eigenvalue weighted by Gasteiger charge is 2.40. The smallest absolute Gasteiger partial charge is 0.422 e.